The lowest BCUT2D eigenvalue weighted by Crippen LogP contribution is -2.27. The second-order valence-electron chi connectivity index (χ2n) is 9.68. The minimum Gasteiger partial charge on any atom is -0.497 e. The molecule has 0 fully saturated rings. The van der Waals surface area contributed by atoms with Crippen molar-refractivity contribution in [2.75, 3.05) is 20.8 Å². The van der Waals surface area contributed by atoms with Gasteiger partial charge in [0.05, 0.1) is 14.2 Å². The highest BCUT2D eigenvalue weighted by molar-refractivity contribution is 5.87. The number of pyridine rings is 1. The zero-order valence-electron chi connectivity index (χ0n) is 22.6. The summed E-state index contributed by atoms with van der Waals surface area (Å²) in [7, 11) is 3.24. The third-order valence-electron chi connectivity index (χ3n) is 7.06. The second kappa shape index (κ2) is 12.5. The summed E-state index contributed by atoms with van der Waals surface area (Å²) in [5.74, 6) is 0.731. The lowest BCUT2D eigenvalue weighted by atomic mass is 9.87. The summed E-state index contributed by atoms with van der Waals surface area (Å²) in [6.07, 6.45) is 4.75. The number of carbonyl (C=O) groups excluding carboxylic acids is 1. The maximum atomic E-state index is 13.5. The molecule has 40 heavy (non-hydrogen) atoms. The summed E-state index contributed by atoms with van der Waals surface area (Å²) < 4.78 is 26.8. The number of hydrogen-bond acceptors (Lipinski definition) is 4. The molecule has 6 nitrogen and oxygen atoms in total. The number of methoxy groups -OCH3 is 2. The van der Waals surface area contributed by atoms with E-state index in [1.54, 1.807) is 32.5 Å². The van der Waals surface area contributed by atoms with Crippen molar-refractivity contribution in [2.24, 2.45) is 0 Å². The minimum atomic E-state index is -0.266. The Kier molecular flexibility index (Phi) is 8.40. The van der Waals surface area contributed by atoms with Gasteiger partial charge in [-0.3, -0.25) is 9.78 Å². The van der Waals surface area contributed by atoms with Crippen LogP contribution in [0, 0.1) is 5.82 Å². The largest absolute Gasteiger partial charge is 0.497 e. The van der Waals surface area contributed by atoms with Crippen LogP contribution in [-0.4, -0.2) is 36.2 Å². The summed E-state index contributed by atoms with van der Waals surface area (Å²) in [5.41, 5.74) is 4.90. The van der Waals surface area contributed by atoms with Crippen molar-refractivity contribution in [3.63, 3.8) is 0 Å². The van der Waals surface area contributed by atoms with Gasteiger partial charge in [-0.25, -0.2) is 4.39 Å². The fourth-order valence-corrected chi connectivity index (χ4v) is 5.04. The average Bonchev–Trinajstić information content (AvgIpc) is 3.35. The molecule has 1 amide bonds. The van der Waals surface area contributed by atoms with Gasteiger partial charge >= 0.3 is 0 Å². The Morgan fingerprint density at radius 3 is 2.38 bits per heavy atom. The quantitative estimate of drug-likeness (QED) is 0.220. The molecule has 0 aliphatic heterocycles. The van der Waals surface area contributed by atoms with Crippen LogP contribution in [0.5, 0.6) is 11.5 Å². The number of hydrogen-bond donors (Lipinski definition) is 1. The van der Waals surface area contributed by atoms with Crippen LogP contribution in [-0.2, 0) is 17.8 Å². The van der Waals surface area contributed by atoms with Gasteiger partial charge in [-0.2, -0.15) is 0 Å². The Morgan fingerprint density at radius 2 is 1.68 bits per heavy atom. The highest BCUT2D eigenvalue weighted by Crippen LogP contribution is 2.38. The molecule has 0 radical (unpaired) electrons. The standard InChI is InChI=1S/C33H32FN3O3/c1-39-27-17-24(18-28(19-27)40-2)30(20-33(38)36-16-14-26-7-5-6-15-35-26)31-22-37(32-9-4-3-8-29(31)32)21-23-10-12-25(34)13-11-23/h3-13,15,17-19,22,30H,14,16,20-21H2,1-2H3,(H,36,38)/t30-/m1/s1. The van der Waals surface area contributed by atoms with E-state index in [4.69, 9.17) is 9.47 Å². The molecule has 7 heteroatoms. The van der Waals surface area contributed by atoms with Crippen LogP contribution >= 0.6 is 0 Å². The fraction of sp³-hybridized carbons (Fsp3) is 0.212. The fourth-order valence-electron chi connectivity index (χ4n) is 5.04. The molecule has 5 aromatic rings. The monoisotopic (exact) mass is 537 g/mol. The third-order valence-corrected chi connectivity index (χ3v) is 7.06. The van der Waals surface area contributed by atoms with E-state index in [2.05, 4.69) is 33.2 Å². The van der Waals surface area contributed by atoms with Gasteiger partial charge in [-0.15, -0.1) is 0 Å². The molecule has 0 bridgehead atoms. The van der Waals surface area contributed by atoms with E-state index >= 15 is 0 Å². The van der Waals surface area contributed by atoms with Crippen LogP contribution in [0.3, 0.4) is 0 Å². The summed E-state index contributed by atoms with van der Waals surface area (Å²) in [4.78, 5) is 17.7. The van der Waals surface area contributed by atoms with Crippen molar-refractivity contribution < 1.29 is 18.7 Å². The number of nitrogens with one attached hydrogen (secondary N) is 1. The molecule has 0 aliphatic carbocycles. The van der Waals surface area contributed by atoms with Crippen molar-refractivity contribution in [3.8, 4) is 11.5 Å². The molecule has 2 aromatic heterocycles. The summed E-state index contributed by atoms with van der Waals surface area (Å²) in [6.45, 7) is 1.07. The highest BCUT2D eigenvalue weighted by atomic mass is 19.1. The molecule has 204 valence electrons. The predicted octanol–water partition coefficient (Wildman–Crippen LogP) is 6.12. The van der Waals surface area contributed by atoms with E-state index in [-0.39, 0.29) is 24.1 Å². The van der Waals surface area contributed by atoms with Gasteiger partial charge in [0.15, 0.2) is 0 Å². The van der Waals surface area contributed by atoms with Crippen LogP contribution < -0.4 is 14.8 Å². The summed E-state index contributed by atoms with van der Waals surface area (Å²) >= 11 is 0. The molecular formula is C33H32FN3O3. The first kappa shape index (κ1) is 26.9. The van der Waals surface area contributed by atoms with Crippen LogP contribution in [0.4, 0.5) is 4.39 Å². The number of amides is 1. The number of aromatic nitrogens is 2. The molecular weight excluding hydrogens is 505 g/mol. The van der Waals surface area contributed by atoms with Gasteiger partial charge < -0.3 is 19.4 Å². The lowest BCUT2D eigenvalue weighted by molar-refractivity contribution is -0.121. The number of para-hydroxylation sites is 1. The van der Waals surface area contributed by atoms with Gasteiger partial charge in [-0.05, 0) is 59.2 Å². The maximum Gasteiger partial charge on any atom is 0.220 e. The lowest BCUT2D eigenvalue weighted by Gasteiger charge is -2.19. The number of benzene rings is 3. The van der Waals surface area contributed by atoms with Crippen molar-refractivity contribution in [2.45, 2.75) is 25.3 Å². The van der Waals surface area contributed by atoms with Gasteiger partial charge in [0.1, 0.15) is 17.3 Å². The number of nitrogens with zero attached hydrogens (tertiary/aromatic N) is 2. The smallest absolute Gasteiger partial charge is 0.220 e. The van der Waals surface area contributed by atoms with Crippen molar-refractivity contribution in [1.29, 1.82) is 0 Å². The normalized spacial score (nSPS) is 11.8. The van der Waals surface area contributed by atoms with Crippen LogP contribution in [0.25, 0.3) is 10.9 Å². The average molecular weight is 538 g/mol. The third kappa shape index (κ3) is 6.31. The molecule has 0 saturated heterocycles. The van der Waals surface area contributed by atoms with E-state index in [1.807, 2.05) is 48.5 Å². The Hall–Kier alpha value is -4.65. The first-order valence-corrected chi connectivity index (χ1v) is 13.3. The Bertz CT molecular complexity index is 1560. The van der Waals surface area contributed by atoms with Crippen LogP contribution in [0.15, 0.2) is 97.3 Å². The molecule has 0 spiro atoms. The number of fused-ring (bicyclic) bond motifs is 1. The molecule has 0 unspecified atom stereocenters. The van der Waals surface area contributed by atoms with Gasteiger partial charge in [0.25, 0.3) is 0 Å². The van der Waals surface area contributed by atoms with Gasteiger partial charge in [-0.1, -0.05) is 36.4 Å². The first-order valence-electron chi connectivity index (χ1n) is 13.3. The first-order chi connectivity index (χ1) is 19.5. The van der Waals surface area contributed by atoms with Gasteiger partial charge in [0, 0.05) is 66.9 Å². The molecule has 3 aromatic carbocycles. The molecule has 1 N–H and O–H groups in total. The summed E-state index contributed by atoms with van der Waals surface area (Å²) in [5, 5.41) is 4.13. The molecule has 0 saturated carbocycles. The molecule has 1 atom stereocenters. The van der Waals surface area contributed by atoms with E-state index in [9.17, 15) is 9.18 Å². The molecule has 5 rings (SSSR count). The second-order valence-corrected chi connectivity index (χ2v) is 9.68. The zero-order chi connectivity index (χ0) is 27.9. The maximum absolute atomic E-state index is 13.5. The van der Waals surface area contributed by atoms with Gasteiger partial charge in [0.2, 0.25) is 5.91 Å². The minimum absolute atomic E-state index is 0.0573. The molecule has 0 aliphatic rings. The number of halogens is 1. The van der Waals surface area contributed by atoms with E-state index in [0.29, 0.717) is 31.0 Å². The van der Waals surface area contributed by atoms with E-state index < -0.39 is 0 Å². The van der Waals surface area contributed by atoms with Crippen molar-refractivity contribution in [3.05, 3.63) is 126 Å². The SMILES string of the molecule is COc1cc(OC)cc([C@@H](CC(=O)NCCc2ccccn2)c2cn(Cc3ccc(F)cc3)c3ccccc23)c1. The Balaban J connectivity index is 1.50. The van der Waals surface area contributed by atoms with E-state index in [0.717, 1.165) is 33.3 Å². The predicted molar refractivity (Wildman–Crippen MR) is 154 cm³/mol. The Labute approximate surface area is 233 Å². The number of carbonyl (C=O) groups is 1. The topological polar surface area (TPSA) is 65.4 Å². The summed E-state index contributed by atoms with van der Waals surface area (Å²) in [6, 6.07) is 26.2. The number of rotatable bonds is 11. The van der Waals surface area contributed by atoms with E-state index in [1.165, 1.54) is 12.1 Å². The Morgan fingerprint density at radius 1 is 0.950 bits per heavy atom. The van der Waals surface area contributed by atoms with Crippen LogP contribution in [0.1, 0.15) is 34.7 Å². The van der Waals surface area contributed by atoms with Crippen molar-refractivity contribution in [1.82, 2.24) is 14.9 Å². The zero-order valence-corrected chi connectivity index (χ0v) is 22.6. The number of ether oxygens (including phenoxy) is 2. The highest BCUT2D eigenvalue weighted by Gasteiger charge is 2.24. The molecule has 2 heterocycles. The van der Waals surface area contributed by atoms with Crippen molar-refractivity contribution >= 4 is 16.8 Å². The van der Waals surface area contributed by atoms with Crippen LogP contribution in [0.2, 0.25) is 0 Å².